The average Bonchev–Trinajstić information content (AvgIpc) is 2.65. The van der Waals surface area contributed by atoms with Crippen LogP contribution in [0.4, 0.5) is 5.82 Å². The summed E-state index contributed by atoms with van der Waals surface area (Å²) in [5.41, 5.74) is 2.21. The number of benzene rings is 1. The molecule has 142 valence electrons. The molecule has 1 N–H and O–H groups in total. The van der Waals surface area contributed by atoms with Crippen LogP contribution in [0.3, 0.4) is 0 Å². The third-order valence-corrected chi connectivity index (χ3v) is 4.88. The van der Waals surface area contributed by atoms with E-state index in [1.807, 2.05) is 0 Å². The Morgan fingerprint density at radius 2 is 2.15 bits per heavy atom. The van der Waals surface area contributed by atoms with Crippen molar-refractivity contribution in [3.05, 3.63) is 29.6 Å². The fraction of sp³-hybridized carbons (Fsp3) is 0.600. The summed E-state index contributed by atoms with van der Waals surface area (Å²) >= 11 is 0. The van der Waals surface area contributed by atoms with Gasteiger partial charge in [0.2, 0.25) is 0 Å². The fourth-order valence-corrected chi connectivity index (χ4v) is 3.47. The third-order valence-electron chi connectivity index (χ3n) is 4.88. The van der Waals surface area contributed by atoms with Crippen LogP contribution >= 0.6 is 0 Å². The molecule has 0 spiro atoms. The molecule has 1 unspecified atom stereocenters. The maximum absolute atomic E-state index is 5.54. The number of piperidine rings is 1. The van der Waals surface area contributed by atoms with Gasteiger partial charge in [-0.2, -0.15) is 0 Å². The van der Waals surface area contributed by atoms with Gasteiger partial charge in [-0.3, -0.25) is 4.90 Å². The van der Waals surface area contributed by atoms with Crippen molar-refractivity contribution in [1.29, 1.82) is 0 Å². The van der Waals surface area contributed by atoms with Crippen molar-refractivity contribution in [1.82, 2.24) is 14.9 Å². The maximum atomic E-state index is 5.54. The predicted octanol–water partition coefficient (Wildman–Crippen LogP) is 3.00. The molecule has 2 heterocycles. The van der Waals surface area contributed by atoms with Gasteiger partial charge in [-0.05, 0) is 44.9 Å². The zero-order valence-corrected chi connectivity index (χ0v) is 16.1. The molecule has 6 heteroatoms. The maximum Gasteiger partial charge on any atom is 0.145 e. The second-order valence-corrected chi connectivity index (χ2v) is 7.02. The molecule has 1 aliphatic rings. The zero-order chi connectivity index (χ0) is 18.4. The molecule has 0 saturated carbocycles. The van der Waals surface area contributed by atoms with Crippen LogP contribution in [0, 0.1) is 6.92 Å². The van der Waals surface area contributed by atoms with E-state index in [2.05, 4.69) is 35.3 Å². The van der Waals surface area contributed by atoms with Crippen LogP contribution in [0.1, 0.15) is 30.7 Å². The van der Waals surface area contributed by atoms with Crippen molar-refractivity contribution in [2.24, 2.45) is 0 Å². The van der Waals surface area contributed by atoms with Crippen molar-refractivity contribution in [2.75, 3.05) is 45.8 Å². The van der Waals surface area contributed by atoms with Gasteiger partial charge in [-0.25, -0.2) is 9.97 Å². The standard InChI is InChI=1S/C20H30N4O2/c1-15-7-8-18-17(12-15)20(21-9-5-11-25-2)23-19(22-18)14-24-10-4-6-16(13-24)26-3/h7-8,12,16H,4-6,9-11,13-14H2,1-3H3,(H,21,22,23). The molecule has 1 aromatic heterocycles. The summed E-state index contributed by atoms with van der Waals surface area (Å²) < 4.78 is 10.7. The average molecular weight is 358 g/mol. The van der Waals surface area contributed by atoms with Gasteiger partial charge in [0.1, 0.15) is 11.6 Å². The molecule has 3 rings (SSSR count). The Hall–Kier alpha value is -1.76. The number of rotatable bonds is 8. The van der Waals surface area contributed by atoms with E-state index in [9.17, 15) is 0 Å². The first-order valence-corrected chi connectivity index (χ1v) is 9.45. The van der Waals surface area contributed by atoms with Gasteiger partial charge in [0, 0.05) is 39.3 Å². The molecule has 0 bridgehead atoms. The van der Waals surface area contributed by atoms with Crippen LogP contribution in [0.2, 0.25) is 0 Å². The number of ether oxygens (including phenoxy) is 2. The number of hydrogen-bond donors (Lipinski definition) is 1. The minimum absolute atomic E-state index is 0.318. The predicted molar refractivity (Wildman–Crippen MR) is 105 cm³/mol. The molecule has 2 aromatic rings. The van der Waals surface area contributed by atoms with Gasteiger partial charge in [0.25, 0.3) is 0 Å². The Labute approximate surface area is 155 Å². The molecular formula is C20H30N4O2. The Morgan fingerprint density at radius 1 is 1.27 bits per heavy atom. The minimum Gasteiger partial charge on any atom is -0.385 e. The quantitative estimate of drug-likeness (QED) is 0.732. The third kappa shape index (κ3) is 4.90. The SMILES string of the molecule is COCCCNc1nc(CN2CCCC(OC)C2)nc2ccc(C)cc12. The zero-order valence-electron chi connectivity index (χ0n) is 16.1. The van der Waals surface area contributed by atoms with Crippen LogP contribution in [0.5, 0.6) is 0 Å². The molecule has 1 aliphatic heterocycles. The molecule has 1 fully saturated rings. The molecule has 1 atom stereocenters. The number of likely N-dealkylation sites (tertiary alicyclic amines) is 1. The van der Waals surface area contributed by atoms with Crippen LogP contribution in [0.25, 0.3) is 10.9 Å². The molecule has 0 radical (unpaired) electrons. The first-order valence-electron chi connectivity index (χ1n) is 9.45. The van der Waals surface area contributed by atoms with Crippen LogP contribution in [-0.4, -0.2) is 61.4 Å². The molecule has 1 saturated heterocycles. The van der Waals surface area contributed by atoms with Gasteiger partial charge >= 0.3 is 0 Å². The molecule has 0 amide bonds. The van der Waals surface area contributed by atoms with E-state index >= 15 is 0 Å². The monoisotopic (exact) mass is 358 g/mol. The highest BCUT2D eigenvalue weighted by molar-refractivity contribution is 5.89. The smallest absolute Gasteiger partial charge is 0.145 e. The van der Waals surface area contributed by atoms with Crippen molar-refractivity contribution in [2.45, 2.75) is 38.8 Å². The highest BCUT2D eigenvalue weighted by Crippen LogP contribution is 2.23. The van der Waals surface area contributed by atoms with Gasteiger partial charge in [-0.15, -0.1) is 0 Å². The summed E-state index contributed by atoms with van der Waals surface area (Å²) in [6.45, 7) is 6.46. The number of nitrogens with one attached hydrogen (secondary N) is 1. The molecule has 1 aromatic carbocycles. The number of anilines is 1. The van der Waals surface area contributed by atoms with Gasteiger partial charge < -0.3 is 14.8 Å². The van der Waals surface area contributed by atoms with Crippen molar-refractivity contribution in [3.63, 3.8) is 0 Å². The molecule has 0 aliphatic carbocycles. The van der Waals surface area contributed by atoms with E-state index in [0.717, 1.165) is 74.6 Å². The highest BCUT2D eigenvalue weighted by atomic mass is 16.5. The normalized spacial score (nSPS) is 18.3. The lowest BCUT2D eigenvalue weighted by atomic mass is 10.1. The molecule has 6 nitrogen and oxygen atoms in total. The van der Waals surface area contributed by atoms with Crippen LogP contribution in [-0.2, 0) is 16.0 Å². The topological polar surface area (TPSA) is 59.5 Å². The molecule has 26 heavy (non-hydrogen) atoms. The van der Waals surface area contributed by atoms with Gasteiger partial charge in [0.05, 0.1) is 18.2 Å². The number of aromatic nitrogens is 2. The fourth-order valence-electron chi connectivity index (χ4n) is 3.47. The number of methoxy groups -OCH3 is 2. The van der Waals surface area contributed by atoms with E-state index in [4.69, 9.17) is 19.4 Å². The van der Waals surface area contributed by atoms with E-state index in [1.54, 1.807) is 14.2 Å². The van der Waals surface area contributed by atoms with Crippen molar-refractivity contribution < 1.29 is 9.47 Å². The summed E-state index contributed by atoms with van der Waals surface area (Å²) in [5.74, 6) is 1.79. The summed E-state index contributed by atoms with van der Waals surface area (Å²) in [4.78, 5) is 12.0. The Bertz CT molecular complexity index is 722. The van der Waals surface area contributed by atoms with E-state index in [0.29, 0.717) is 6.10 Å². The minimum atomic E-state index is 0.318. The largest absolute Gasteiger partial charge is 0.385 e. The first kappa shape index (κ1) is 19.0. The van der Waals surface area contributed by atoms with Gasteiger partial charge in [-0.1, -0.05) is 11.6 Å². The molecular weight excluding hydrogens is 328 g/mol. The van der Waals surface area contributed by atoms with Crippen molar-refractivity contribution >= 4 is 16.7 Å². The Balaban J connectivity index is 1.80. The lowest BCUT2D eigenvalue weighted by Crippen LogP contribution is -2.39. The Kier molecular flexibility index (Phi) is 6.77. The summed E-state index contributed by atoms with van der Waals surface area (Å²) in [7, 11) is 3.53. The highest BCUT2D eigenvalue weighted by Gasteiger charge is 2.20. The summed E-state index contributed by atoms with van der Waals surface area (Å²) in [5, 5.41) is 4.56. The van der Waals surface area contributed by atoms with Crippen LogP contribution in [0.15, 0.2) is 18.2 Å². The second kappa shape index (κ2) is 9.26. The Morgan fingerprint density at radius 3 is 2.96 bits per heavy atom. The van der Waals surface area contributed by atoms with E-state index in [-0.39, 0.29) is 0 Å². The number of nitrogens with zero attached hydrogens (tertiary/aromatic N) is 3. The summed E-state index contributed by atoms with van der Waals surface area (Å²) in [6.07, 6.45) is 3.56. The second-order valence-electron chi connectivity index (χ2n) is 7.02. The van der Waals surface area contributed by atoms with E-state index < -0.39 is 0 Å². The van der Waals surface area contributed by atoms with E-state index in [1.165, 1.54) is 5.56 Å². The van der Waals surface area contributed by atoms with Crippen LogP contribution < -0.4 is 5.32 Å². The number of aryl methyl sites for hydroxylation is 1. The lowest BCUT2D eigenvalue weighted by Gasteiger charge is -2.31. The summed E-state index contributed by atoms with van der Waals surface area (Å²) in [6, 6.07) is 6.35. The first-order chi connectivity index (χ1) is 12.7. The number of hydrogen-bond acceptors (Lipinski definition) is 6. The number of fused-ring (bicyclic) bond motifs is 1. The van der Waals surface area contributed by atoms with Crippen molar-refractivity contribution in [3.8, 4) is 0 Å². The lowest BCUT2D eigenvalue weighted by molar-refractivity contribution is 0.0277. The van der Waals surface area contributed by atoms with Gasteiger partial charge in [0.15, 0.2) is 0 Å².